The quantitative estimate of drug-likeness (QED) is 0.801. The Morgan fingerprint density at radius 1 is 1.26 bits per heavy atom. The molecule has 1 saturated heterocycles. The van der Waals surface area contributed by atoms with Crippen molar-refractivity contribution in [3.63, 3.8) is 0 Å². The minimum atomic E-state index is 0.0890. The SMILES string of the molecule is Cn1c(=O)n(C2CCCNC2)c2ccc(CCCCCO)cc21. The number of aliphatic hydroxyl groups excluding tert-OH is 1. The maximum Gasteiger partial charge on any atom is 0.329 e. The second kappa shape index (κ2) is 7.32. The lowest BCUT2D eigenvalue weighted by molar-refractivity contribution is 0.283. The smallest absolute Gasteiger partial charge is 0.329 e. The average molecular weight is 317 g/mol. The number of hydrogen-bond donors (Lipinski definition) is 2. The van der Waals surface area contributed by atoms with E-state index in [2.05, 4.69) is 23.5 Å². The van der Waals surface area contributed by atoms with Crippen LogP contribution in [0.5, 0.6) is 0 Å². The van der Waals surface area contributed by atoms with Crippen LogP contribution in [0.3, 0.4) is 0 Å². The lowest BCUT2D eigenvalue weighted by Crippen LogP contribution is -2.36. The topological polar surface area (TPSA) is 59.2 Å². The van der Waals surface area contributed by atoms with Crippen molar-refractivity contribution in [2.24, 2.45) is 7.05 Å². The minimum absolute atomic E-state index is 0.0890. The van der Waals surface area contributed by atoms with Crippen LogP contribution in [-0.4, -0.2) is 33.9 Å². The van der Waals surface area contributed by atoms with Crippen molar-refractivity contribution in [3.8, 4) is 0 Å². The third kappa shape index (κ3) is 3.35. The van der Waals surface area contributed by atoms with Gasteiger partial charge in [0, 0.05) is 20.2 Å². The van der Waals surface area contributed by atoms with Gasteiger partial charge in [0.2, 0.25) is 0 Å². The van der Waals surface area contributed by atoms with Gasteiger partial charge in [0.05, 0.1) is 17.1 Å². The molecule has 2 heterocycles. The Balaban J connectivity index is 1.88. The first-order valence-corrected chi connectivity index (χ1v) is 8.74. The maximum absolute atomic E-state index is 12.7. The number of piperidine rings is 1. The van der Waals surface area contributed by atoms with Crippen molar-refractivity contribution in [2.75, 3.05) is 19.7 Å². The van der Waals surface area contributed by atoms with Crippen LogP contribution < -0.4 is 11.0 Å². The van der Waals surface area contributed by atoms with Gasteiger partial charge in [-0.2, -0.15) is 0 Å². The molecular formula is C18H27N3O2. The van der Waals surface area contributed by atoms with Crippen LogP contribution in [0, 0.1) is 0 Å². The summed E-state index contributed by atoms with van der Waals surface area (Å²) in [4.78, 5) is 12.7. The predicted octanol–water partition coefficient (Wildman–Crippen LogP) is 1.97. The standard InChI is InChI=1S/C18H27N3O2/c1-20-17-12-14(6-3-2-4-11-22)8-9-16(17)21(18(20)23)15-7-5-10-19-13-15/h8-9,12,15,19,22H,2-7,10-11,13H2,1H3. The highest BCUT2D eigenvalue weighted by Crippen LogP contribution is 2.23. The summed E-state index contributed by atoms with van der Waals surface area (Å²) in [5.41, 5.74) is 3.43. The van der Waals surface area contributed by atoms with E-state index < -0.39 is 0 Å². The van der Waals surface area contributed by atoms with Gasteiger partial charge in [0.25, 0.3) is 0 Å². The molecule has 0 radical (unpaired) electrons. The van der Waals surface area contributed by atoms with Crippen molar-refractivity contribution < 1.29 is 5.11 Å². The first kappa shape index (κ1) is 16.3. The molecule has 1 aliphatic rings. The van der Waals surface area contributed by atoms with Gasteiger partial charge in [-0.25, -0.2) is 4.79 Å². The van der Waals surface area contributed by atoms with Crippen LogP contribution in [0.4, 0.5) is 0 Å². The molecule has 1 aliphatic heterocycles. The lowest BCUT2D eigenvalue weighted by atomic mass is 10.1. The third-order valence-electron chi connectivity index (χ3n) is 4.91. The van der Waals surface area contributed by atoms with Crippen molar-refractivity contribution >= 4 is 11.0 Å². The van der Waals surface area contributed by atoms with Crippen LogP contribution in [0.2, 0.25) is 0 Å². The number of hydrogen-bond acceptors (Lipinski definition) is 3. The zero-order valence-corrected chi connectivity index (χ0v) is 13.9. The highest BCUT2D eigenvalue weighted by molar-refractivity contribution is 5.77. The van der Waals surface area contributed by atoms with Crippen LogP contribution in [0.1, 0.15) is 43.7 Å². The number of imidazole rings is 1. The number of aromatic nitrogens is 2. The van der Waals surface area contributed by atoms with Gasteiger partial charge in [-0.3, -0.25) is 9.13 Å². The fourth-order valence-corrected chi connectivity index (χ4v) is 3.59. The Kier molecular flexibility index (Phi) is 5.18. The molecule has 0 amide bonds. The summed E-state index contributed by atoms with van der Waals surface area (Å²) < 4.78 is 3.75. The summed E-state index contributed by atoms with van der Waals surface area (Å²) in [5.74, 6) is 0. The minimum Gasteiger partial charge on any atom is -0.396 e. The fourth-order valence-electron chi connectivity index (χ4n) is 3.59. The largest absolute Gasteiger partial charge is 0.396 e. The highest BCUT2D eigenvalue weighted by Gasteiger charge is 2.21. The summed E-state index contributed by atoms with van der Waals surface area (Å²) in [6, 6.07) is 6.66. The molecule has 3 rings (SSSR count). The second-order valence-corrected chi connectivity index (χ2v) is 6.57. The number of nitrogens with one attached hydrogen (secondary N) is 1. The van der Waals surface area contributed by atoms with Crippen LogP contribution in [0.25, 0.3) is 11.0 Å². The number of nitrogens with zero attached hydrogens (tertiary/aromatic N) is 2. The summed E-state index contributed by atoms with van der Waals surface area (Å²) in [5, 5.41) is 12.2. The molecule has 0 aliphatic carbocycles. The van der Waals surface area contributed by atoms with E-state index in [1.165, 1.54) is 5.56 Å². The van der Waals surface area contributed by atoms with E-state index in [0.29, 0.717) is 0 Å². The van der Waals surface area contributed by atoms with E-state index in [-0.39, 0.29) is 18.3 Å². The maximum atomic E-state index is 12.7. The Morgan fingerprint density at radius 3 is 2.87 bits per heavy atom. The predicted molar refractivity (Wildman–Crippen MR) is 93.0 cm³/mol. The molecule has 0 spiro atoms. The van der Waals surface area contributed by atoms with Crippen molar-refractivity contribution in [1.29, 1.82) is 0 Å². The van der Waals surface area contributed by atoms with E-state index in [0.717, 1.165) is 62.6 Å². The van der Waals surface area contributed by atoms with E-state index in [4.69, 9.17) is 5.11 Å². The molecular weight excluding hydrogens is 290 g/mol. The van der Waals surface area contributed by atoms with Crippen LogP contribution >= 0.6 is 0 Å². The normalized spacial score (nSPS) is 18.6. The summed E-state index contributed by atoms with van der Waals surface area (Å²) in [6.07, 6.45) is 6.17. The highest BCUT2D eigenvalue weighted by atomic mass is 16.2. The zero-order valence-electron chi connectivity index (χ0n) is 13.9. The third-order valence-corrected chi connectivity index (χ3v) is 4.91. The Labute approximate surface area is 136 Å². The first-order valence-electron chi connectivity index (χ1n) is 8.74. The van der Waals surface area contributed by atoms with Crippen LogP contribution in [0.15, 0.2) is 23.0 Å². The first-order chi connectivity index (χ1) is 11.2. The van der Waals surface area contributed by atoms with Gasteiger partial charge < -0.3 is 10.4 Å². The average Bonchev–Trinajstić information content (AvgIpc) is 2.84. The molecule has 5 heteroatoms. The summed E-state index contributed by atoms with van der Waals surface area (Å²) in [7, 11) is 1.87. The number of benzene rings is 1. The Bertz CT molecular complexity index is 711. The van der Waals surface area contributed by atoms with E-state index in [9.17, 15) is 4.79 Å². The van der Waals surface area contributed by atoms with Gasteiger partial charge >= 0.3 is 5.69 Å². The van der Waals surface area contributed by atoms with Gasteiger partial charge in [-0.05, 0) is 56.3 Å². The molecule has 2 aromatic rings. The number of unbranched alkanes of at least 4 members (excludes halogenated alkanes) is 2. The molecule has 1 fully saturated rings. The number of aliphatic hydroxyl groups is 1. The molecule has 0 bridgehead atoms. The Hall–Kier alpha value is -1.59. The number of fused-ring (bicyclic) bond motifs is 1. The molecule has 5 nitrogen and oxygen atoms in total. The second-order valence-electron chi connectivity index (χ2n) is 6.57. The lowest BCUT2D eigenvalue weighted by Gasteiger charge is -2.24. The summed E-state index contributed by atoms with van der Waals surface area (Å²) in [6.45, 7) is 2.20. The molecule has 126 valence electrons. The van der Waals surface area contributed by atoms with E-state index in [1.807, 2.05) is 11.6 Å². The number of rotatable bonds is 6. The molecule has 2 N–H and O–H groups in total. The molecule has 1 atom stereocenters. The van der Waals surface area contributed by atoms with E-state index >= 15 is 0 Å². The van der Waals surface area contributed by atoms with Gasteiger partial charge in [-0.1, -0.05) is 12.5 Å². The molecule has 1 aromatic heterocycles. The van der Waals surface area contributed by atoms with Crippen molar-refractivity contribution in [3.05, 3.63) is 34.2 Å². The molecule has 1 aromatic carbocycles. The monoisotopic (exact) mass is 317 g/mol. The number of aryl methyl sites for hydroxylation is 2. The molecule has 23 heavy (non-hydrogen) atoms. The van der Waals surface area contributed by atoms with Crippen LogP contribution in [-0.2, 0) is 13.5 Å². The van der Waals surface area contributed by atoms with Gasteiger partial charge in [0.1, 0.15) is 0 Å². The van der Waals surface area contributed by atoms with Crippen molar-refractivity contribution in [2.45, 2.75) is 44.6 Å². The van der Waals surface area contributed by atoms with Gasteiger partial charge in [-0.15, -0.1) is 0 Å². The van der Waals surface area contributed by atoms with E-state index in [1.54, 1.807) is 4.57 Å². The molecule has 1 unspecified atom stereocenters. The van der Waals surface area contributed by atoms with Gasteiger partial charge in [0.15, 0.2) is 0 Å². The zero-order chi connectivity index (χ0) is 16.2. The molecule has 0 saturated carbocycles. The van der Waals surface area contributed by atoms with Crippen molar-refractivity contribution in [1.82, 2.24) is 14.5 Å². The summed E-state index contributed by atoms with van der Waals surface area (Å²) >= 11 is 0. The fraction of sp³-hybridized carbons (Fsp3) is 0.611. The Morgan fingerprint density at radius 2 is 2.13 bits per heavy atom.